The van der Waals surface area contributed by atoms with Gasteiger partial charge in [0.05, 0.1) is 5.69 Å². The van der Waals surface area contributed by atoms with Crippen LogP contribution in [0.5, 0.6) is 0 Å². The molecule has 0 heterocycles. The maximum Gasteiger partial charge on any atom is 0.146 e. The smallest absolute Gasteiger partial charge is 0.146 e. The highest BCUT2D eigenvalue weighted by atomic mass is 19.1. The number of anilines is 1. The predicted octanol–water partition coefficient (Wildman–Crippen LogP) is 4.70. The number of hydrogen-bond acceptors (Lipinski definition) is 1. The Hall–Kier alpha value is -1.05. The highest BCUT2D eigenvalue weighted by molar-refractivity contribution is 5.45. The van der Waals surface area contributed by atoms with Crippen molar-refractivity contribution >= 4 is 5.69 Å². The van der Waals surface area contributed by atoms with Gasteiger partial charge in [-0.1, -0.05) is 39.8 Å². The van der Waals surface area contributed by atoms with Gasteiger partial charge in [-0.2, -0.15) is 0 Å². The monoisotopic (exact) mass is 237 g/mol. The molecular formula is C15H24FN. The highest BCUT2D eigenvalue weighted by Gasteiger charge is 2.14. The van der Waals surface area contributed by atoms with Crippen molar-refractivity contribution in [3.63, 3.8) is 0 Å². The van der Waals surface area contributed by atoms with E-state index >= 15 is 0 Å². The van der Waals surface area contributed by atoms with Gasteiger partial charge in [0.25, 0.3) is 0 Å². The summed E-state index contributed by atoms with van der Waals surface area (Å²) in [4.78, 5) is 0. The van der Waals surface area contributed by atoms with Crippen LogP contribution in [-0.4, -0.2) is 6.04 Å². The number of halogens is 1. The molecule has 1 N–H and O–H groups in total. The maximum absolute atomic E-state index is 13.6. The van der Waals surface area contributed by atoms with Gasteiger partial charge in [-0.05, 0) is 36.8 Å². The Kier molecular flexibility index (Phi) is 5.46. The number of rotatable bonds is 6. The Morgan fingerprint density at radius 3 is 2.00 bits per heavy atom. The molecule has 0 saturated carbocycles. The van der Waals surface area contributed by atoms with Gasteiger partial charge in [0.2, 0.25) is 0 Å². The minimum absolute atomic E-state index is 0.162. The van der Waals surface area contributed by atoms with Crippen molar-refractivity contribution in [2.24, 2.45) is 11.8 Å². The average molecular weight is 237 g/mol. The molecule has 1 rings (SSSR count). The molecule has 0 bridgehead atoms. The lowest BCUT2D eigenvalue weighted by atomic mass is 9.95. The van der Waals surface area contributed by atoms with E-state index in [2.05, 4.69) is 33.0 Å². The number of nitrogens with one attached hydrogen (secondary N) is 1. The summed E-state index contributed by atoms with van der Waals surface area (Å²) in [5.74, 6) is 1.08. The van der Waals surface area contributed by atoms with E-state index in [0.29, 0.717) is 23.6 Å². The third kappa shape index (κ3) is 5.20. The fourth-order valence-corrected chi connectivity index (χ4v) is 2.15. The summed E-state index contributed by atoms with van der Waals surface area (Å²) in [5.41, 5.74) is 0.624. The summed E-state index contributed by atoms with van der Waals surface area (Å²) in [6, 6.07) is 7.26. The minimum Gasteiger partial charge on any atom is -0.380 e. The molecule has 1 aromatic rings. The van der Waals surface area contributed by atoms with Crippen molar-refractivity contribution in [2.45, 2.75) is 46.6 Å². The van der Waals surface area contributed by atoms with Crippen molar-refractivity contribution in [1.82, 2.24) is 0 Å². The summed E-state index contributed by atoms with van der Waals surface area (Å²) in [6.07, 6.45) is 2.15. The predicted molar refractivity (Wildman–Crippen MR) is 72.7 cm³/mol. The standard InChI is InChI=1S/C15H24FN/c1-11(2)9-13(10-12(3)4)17-15-8-6-5-7-14(15)16/h5-8,11-13,17H,9-10H2,1-4H3. The molecule has 0 aliphatic rings. The molecule has 0 spiro atoms. The van der Waals surface area contributed by atoms with E-state index in [9.17, 15) is 4.39 Å². The van der Waals surface area contributed by atoms with Crippen molar-refractivity contribution < 1.29 is 4.39 Å². The zero-order valence-corrected chi connectivity index (χ0v) is 11.3. The van der Waals surface area contributed by atoms with Crippen LogP contribution in [0.15, 0.2) is 24.3 Å². The van der Waals surface area contributed by atoms with Crippen LogP contribution in [0.3, 0.4) is 0 Å². The van der Waals surface area contributed by atoms with E-state index < -0.39 is 0 Å². The van der Waals surface area contributed by atoms with E-state index in [4.69, 9.17) is 0 Å². The van der Waals surface area contributed by atoms with Crippen LogP contribution < -0.4 is 5.32 Å². The summed E-state index contributed by atoms with van der Waals surface area (Å²) < 4.78 is 13.6. The first-order chi connectivity index (χ1) is 7.99. The molecule has 0 atom stereocenters. The molecule has 0 fully saturated rings. The first kappa shape index (κ1) is 14.0. The first-order valence-corrected chi connectivity index (χ1v) is 6.50. The Morgan fingerprint density at radius 2 is 1.53 bits per heavy atom. The Bertz CT molecular complexity index is 323. The van der Waals surface area contributed by atoms with E-state index in [1.165, 1.54) is 6.07 Å². The SMILES string of the molecule is CC(C)CC(CC(C)C)Nc1ccccc1F. The fraction of sp³-hybridized carbons (Fsp3) is 0.600. The normalized spacial score (nSPS) is 11.5. The van der Waals surface area contributed by atoms with E-state index in [-0.39, 0.29) is 5.82 Å². The van der Waals surface area contributed by atoms with Gasteiger partial charge >= 0.3 is 0 Å². The molecule has 0 aliphatic heterocycles. The molecular weight excluding hydrogens is 213 g/mol. The van der Waals surface area contributed by atoms with Crippen LogP contribution in [0.25, 0.3) is 0 Å². The van der Waals surface area contributed by atoms with Gasteiger partial charge in [-0.15, -0.1) is 0 Å². The van der Waals surface area contributed by atoms with Gasteiger partial charge in [0.1, 0.15) is 5.82 Å². The molecule has 1 aromatic carbocycles. The van der Waals surface area contributed by atoms with E-state index in [1.807, 2.05) is 12.1 Å². The largest absolute Gasteiger partial charge is 0.380 e. The summed E-state index contributed by atoms with van der Waals surface area (Å²) in [5, 5.41) is 3.33. The molecule has 0 aliphatic carbocycles. The zero-order chi connectivity index (χ0) is 12.8. The second kappa shape index (κ2) is 6.63. The first-order valence-electron chi connectivity index (χ1n) is 6.50. The van der Waals surface area contributed by atoms with E-state index in [1.54, 1.807) is 6.07 Å². The molecule has 0 saturated heterocycles. The third-order valence-corrected chi connectivity index (χ3v) is 2.75. The third-order valence-electron chi connectivity index (χ3n) is 2.75. The lowest BCUT2D eigenvalue weighted by Crippen LogP contribution is -2.24. The lowest BCUT2D eigenvalue weighted by Gasteiger charge is -2.23. The van der Waals surface area contributed by atoms with Crippen molar-refractivity contribution in [3.05, 3.63) is 30.1 Å². The van der Waals surface area contributed by atoms with Gasteiger partial charge in [0, 0.05) is 6.04 Å². The van der Waals surface area contributed by atoms with Crippen LogP contribution in [0.1, 0.15) is 40.5 Å². The van der Waals surface area contributed by atoms with Crippen LogP contribution in [-0.2, 0) is 0 Å². The second-order valence-corrected chi connectivity index (χ2v) is 5.58. The Balaban J connectivity index is 2.68. The topological polar surface area (TPSA) is 12.0 Å². The molecule has 0 aromatic heterocycles. The highest BCUT2D eigenvalue weighted by Crippen LogP contribution is 2.20. The van der Waals surface area contributed by atoms with Gasteiger partial charge in [0.15, 0.2) is 0 Å². The average Bonchev–Trinajstić information content (AvgIpc) is 2.19. The summed E-state index contributed by atoms with van der Waals surface area (Å²) >= 11 is 0. The second-order valence-electron chi connectivity index (χ2n) is 5.58. The number of benzene rings is 1. The molecule has 0 unspecified atom stereocenters. The van der Waals surface area contributed by atoms with Crippen molar-refractivity contribution in [1.29, 1.82) is 0 Å². The van der Waals surface area contributed by atoms with Crippen LogP contribution in [0.4, 0.5) is 10.1 Å². The molecule has 1 nitrogen and oxygen atoms in total. The number of hydrogen-bond donors (Lipinski definition) is 1. The fourth-order valence-electron chi connectivity index (χ4n) is 2.15. The van der Waals surface area contributed by atoms with E-state index in [0.717, 1.165) is 12.8 Å². The zero-order valence-electron chi connectivity index (χ0n) is 11.3. The van der Waals surface area contributed by atoms with Crippen LogP contribution in [0, 0.1) is 17.7 Å². The summed E-state index contributed by atoms with van der Waals surface area (Å²) in [6.45, 7) is 8.82. The number of para-hydroxylation sites is 1. The van der Waals surface area contributed by atoms with Crippen molar-refractivity contribution in [3.8, 4) is 0 Å². The molecule has 96 valence electrons. The van der Waals surface area contributed by atoms with Crippen LogP contribution in [0.2, 0.25) is 0 Å². The quantitative estimate of drug-likeness (QED) is 0.756. The molecule has 17 heavy (non-hydrogen) atoms. The molecule has 0 amide bonds. The van der Waals surface area contributed by atoms with Crippen LogP contribution >= 0.6 is 0 Å². The van der Waals surface area contributed by atoms with Crippen molar-refractivity contribution in [2.75, 3.05) is 5.32 Å². The Labute approximate surface area is 104 Å². The van der Waals surface area contributed by atoms with Gasteiger partial charge < -0.3 is 5.32 Å². The molecule has 0 radical (unpaired) electrons. The maximum atomic E-state index is 13.6. The van der Waals surface area contributed by atoms with Gasteiger partial charge in [-0.3, -0.25) is 0 Å². The minimum atomic E-state index is -0.162. The van der Waals surface area contributed by atoms with Gasteiger partial charge in [-0.25, -0.2) is 4.39 Å². The molecule has 2 heteroatoms. The Morgan fingerprint density at radius 1 is 1.00 bits per heavy atom. The lowest BCUT2D eigenvalue weighted by molar-refractivity contribution is 0.440. The summed E-state index contributed by atoms with van der Waals surface area (Å²) in [7, 11) is 0.